The first-order valence-electron chi connectivity index (χ1n) is 10.9. The molecule has 0 unspecified atom stereocenters. The first-order chi connectivity index (χ1) is 14.5. The van der Waals surface area contributed by atoms with Crippen molar-refractivity contribution in [3.05, 3.63) is 65.2 Å². The summed E-state index contributed by atoms with van der Waals surface area (Å²) in [5.74, 6) is 1.14. The van der Waals surface area contributed by atoms with Gasteiger partial charge in [-0.25, -0.2) is 0 Å². The Bertz CT molecular complexity index is 924. The van der Waals surface area contributed by atoms with Gasteiger partial charge in [0.1, 0.15) is 5.75 Å². The molecule has 1 N–H and O–H groups in total. The Morgan fingerprint density at radius 3 is 2.43 bits per heavy atom. The fraction of sp³-hybridized carbons (Fsp3) is 0.440. The second kappa shape index (κ2) is 8.50. The molecule has 158 valence electrons. The second-order valence-electron chi connectivity index (χ2n) is 8.66. The topological polar surface area (TPSA) is 60.9 Å². The summed E-state index contributed by atoms with van der Waals surface area (Å²) in [4.78, 5) is 29.9. The summed E-state index contributed by atoms with van der Waals surface area (Å²) >= 11 is 0. The van der Waals surface area contributed by atoms with Gasteiger partial charge in [-0.2, -0.15) is 0 Å². The summed E-state index contributed by atoms with van der Waals surface area (Å²) in [7, 11) is 0. The molecule has 2 aromatic carbocycles. The lowest BCUT2D eigenvalue weighted by Crippen LogP contribution is -2.38. The van der Waals surface area contributed by atoms with Crippen LogP contribution in [0.4, 0.5) is 0 Å². The van der Waals surface area contributed by atoms with Crippen molar-refractivity contribution in [1.82, 2.24) is 9.80 Å². The Hall–Kier alpha value is -2.82. The van der Waals surface area contributed by atoms with E-state index in [1.54, 1.807) is 24.3 Å². The molecule has 2 heterocycles. The third kappa shape index (κ3) is 3.93. The van der Waals surface area contributed by atoms with Gasteiger partial charge in [-0.3, -0.25) is 9.59 Å². The van der Waals surface area contributed by atoms with Crippen molar-refractivity contribution in [3.63, 3.8) is 0 Å². The molecule has 2 amide bonds. The molecule has 5 heteroatoms. The maximum absolute atomic E-state index is 12.9. The summed E-state index contributed by atoms with van der Waals surface area (Å²) in [6.07, 6.45) is 1.76. The van der Waals surface area contributed by atoms with Crippen LogP contribution in [0.15, 0.2) is 48.5 Å². The Balaban J connectivity index is 1.53. The fourth-order valence-electron chi connectivity index (χ4n) is 5.08. The zero-order valence-corrected chi connectivity index (χ0v) is 17.8. The van der Waals surface area contributed by atoms with Crippen molar-refractivity contribution in [1.29, 1.82) is 0 Å². The number of likely N-dealkylation sites (tertiary alicyclic amines) is 2. The number of carbonyl (C=O) groups is 2. The lowest BCUT2D eigenvalue weighted by Gasteiger charge is -2.31. The normalized spacial score (nSPS) is 22.9. The highest BCUT2D eigenvalue weighted by atomic mass is 16.3. The lowest BCUT2D eigenvalue weighted by molar-refractivity contribution is -0.133. The van der Waals surface area contributed by atoms with Crippen LogP contribution in [0.25, 0.3) is 0 Å². The van der Waals surface area contributed by atoms with Gasteiger partial charge in [0.15, 0.2) is 0 Å². The molecule has 5 nitrogen and oxygen atoms in total. The third-order valence-corrected chi connectivity index (χ3v) is 6.60. The Kier molecular flexibility index (Phi) is 5.80. The van der Waals surface area contributed by atoms with E-state index in [9.17, 15) is 14.7 Å². The number of aromatic hydroxyl groups is 1. The molecule has 2 aliphatic heterocycles. The van der Waals surface area contributed by atoms with E-state index in [0.717, 1.165) is 18.5 Å². The molecule has 0 radical (unpaired) electrons. The first-order valence-corrected chi connectivity index (χ1v) is 10.9. The van der Waals surface area contributed by atoms with E-state index in [1.165, 1.54) is 11.1 Å². The molecule has 0 spiro atoms. The van der Waals surface area contributed by atoms with Gasteiger partial charge in [0.2, 0.25) is 11.8 Å². The van der Waals surface area contributed by atoms with E-state index in [4.69, 9.17) is 0 Å². The number of phenolic OH excluding ortho intramolecular Hbond substituents is 1. The van der Waals surface area contributed by atoms with E-state index in [1.807, 2.05) is 24.0 Å². The smallest absolute Gasteiger partial charge is 0.227 e. The average Bonchev–Trinajstić information content (AvgIpc) is 3.29. The number of hydrogen-bond donors (Lipinski definition) is 1. The van der Waals surface area contributed by atoms with Crippen molar-refractivity contribution >= 4 is 11.8 Å². The number of carbonyl (C=O) groups excluding carboxylic acids is 2. The standard InChI is InChI=1S/C25H30N2O3/c1-3-6-23(29)27-15-19-14-26(24(30)13-18-9-11-20(28)12-10-18)16-22(19)25(27)21-8-5-4-7-17(21)2/h4-5,7-12,19,22,25,28H,3,6,13-16H2,1-2H3/t19-,22-,25+/m0/s1. The number of phenols is 1. The number of nitrogens with zero attached hydrogens (tertiary/aromatic N) is 2. The highest BCUT2D eigenvalue weighted by molar-refractivity contribution is 5.80. The quantitative estimate of drug-likeness (QED) is 0.824. The maximum atomic E-state index is 12.9. The molecule has 0 saturated carbocycles. The van der Waals surface area contributed by atoms with E-state index < -0.39 is 0 Å². The molecular weight excluding hydrogens is 376 g/mol. The molecule has 0 aliphatic carbocycles. The average molecular weight is 407 g/mol. The summed E-state index contributed by atoms with van der Waals surface area (Å²) in [6, 6.07) is 15.2. The maximum Gasteiger partial charge on any atom is 0.227 e. The zero-order chi connectivity index (χ0) is 21.3. The Morgan fingerprint density at radius 1 is 1.00 bits per heavy atom. The summed E-state index contributed by atoms with van der Waals surface area (Å²) in [5.41, 5.74) is 3.32. The van der Waals surface area contributed by atoms with Crippen LogP contribution >= 0.6 is 0 Å². The molecule has 2 saturated heterocycles. The number of rotatable bonds is 5. The van der Waals surface area contributed by atoms with E-state index >= 15 is 0 Å². The number of fused-ring (bicyclic) bond motifs is 1. The van der Waals surface area contributed by atoms with Crippen LogP contribution in [0.1, 0.15) is 42.5 Å². The number of amides is 2. The van der Waals surface area contributed by atoms with Crippen molar-refractivity contribution in [2.75, 3.05) is 19.6 Å². The van der Waals surface area contributed by atoms with Crippen molar-refractivity contribution in [3.8, 4) is 5.75 Å². The molecule has 0 aromatic heterocycles. The van der Waals surface area contributed by atoms with Gasteiger partial charge >= 0.3 is 0 Å². The highest BCUT2D eigenvalue weighted by Crippen LogP contribution is 2.46. The summed E-state index contributed by atoms with van der Waals surface area (Å²) < 4.78 is 0. The lowest BCUT2D eigenvalue weighted by atomic mass is 9.87. The SMILES string of the molecule is CCCC(=O)N1C[C@@H]2CN(C(=O)Cc3ccc(O)cc3)C[C@@H]2[C@H]1c1ccccc1C. The van der Waals surface area contributed by atoms with Crippen LogP contribution in [-0.2, 0) is 16.0 Å². The molecule has 30 heavy (non-hydrogen) atoms. The van der Waals surface area contributed by atoms with Crippen LogP contribution in [-0.4, -0.2) is 46.4 Å². The van der Waals surface area contributed by atoms with Crippen LogP contribution < -0.4 is 0 Å². The molecule has 0 bridgehead atoms. The van der Waals surface area contributed by atoms with Gasteiger partial charge in [0, 0.05) is 37.9 Å². The van der Waals surface area contributed by atoms with Crippen molar-refractivity contribution in [2.45, 2.75) is 39.2 Å². The zero-order valence-electron chi connectivity index (χ0n) is 17.8. The van der Waals surface area contributed by atoms with Gasteiger partial charge in [0.25, 0.3) is 0 Å². The van der Waals surface area contributed by atoms with Gasteiger partial charge in [-0.15, -0.1) is 0 Å². The van der Waals surface area contributed by atoms with Crippen molar-refractivity contribution < 1.29 is 14.7 Å². The molecule has 2 aromatic rings. The summed E-state index contributed by atoms with van der Waals surface area (Å²) in [6.45, 7) is 6.27. The van der Waals surface area contributed by atoms with Gasteiger partial charge in [-0.05, 0) is 42.2 Å². The number of hydrogen-bond acceptors (Lipinski definition) is 3. The van der Waals surface area contributed by atoms with Crippen LogP contribution in [0, 0.1) is 18.8 Å². The number of benzene rings is 2. The minimum absolute atomic E-state index is 0.0433. The van der Waals surface area contributed by atoms with E-state index in [2.05, 4.69) is 24.0 Å². The third-order valence-electron chi connectivity index (χ3n) is 6.60. The Morgan fingerprint density at radius 2 is 1.73 bits per heavy atom. The predicted molar refractivity (Wildman–Crippen MR) is 116 cm³/mol. The molecule has 2 fully saturated rings. The monoisotopic (exact) mass is 406 g/mol. The highest BCUT2D eigenvalue weighted by Gasteiger charge is 2.49. The minimum atomic E-state index is 0.0433. The summed E-state index contributed by atoms with van der Waals surface area (Å²) in [5, 5.41) is 9.45. The van der Waals surface area contributed by atoms with Gasteiger partial charge in [0.05, 0.1) is 12.5 Å². The van der Waals surface area contributed by atoms with Gasteiger partial charge in [-0.1, -0.05) is 43.3 Å². The predicted octanol–water partition coefficient (Wildman–Crippen LogP) is 3.70. The molecule has 2 aliphatic rings. The number of aryl methyl sites for hydroxylation is 1. The minimum Gasteiger partial charge on any atom is -0.508 e. The van der Waals surface area contributed by atoms with E-state index in [0.29, 0.717) is 31.8 Å². The van der Waals surface area contributed by atoms with Crippen LogP contribution in [0.2, 0.25) is 0 Å². The first kappa shape index (κ1) is 20.5. The van der Waals surface area contributed by atoms with Crippen LogP contribution in [0.3, 0.4) is 0 Å². The second-order valence-corrected chi connectivity index (χ2v) is 8.66. The van der Waals surface area contributed by atoms with Crippen molar-refractivity contribution in [2.24, 2.45) is 11.8 Å². The molecule has 4 rings (SSSR count). The molecular formula is C25H30N2O3. The van der Waals surface area contributed by atoms with E-state index in [-0.39, 0.29) is 29.5 Å². The Labute approximate surface area is 178 Å². The molecule has 3 atom stereocenters. The van der Waals surface area contributed by atoms with Crippen LogP contribution in [0.5, 0.6) is 5.75 Å². The fourth-order valence-corrected chi connectivity index (χ4v) is 5.08. The van der Waals surface area contributed by atoms with Gasteiger partial charge < -0.3 is 14.9 Å². The largest absolute Gasteiger partial charge is 0.508 e.